The van der Waals surface area contributed by atoms with Crippen molar-refractivity contribution in [1.82, 2.24) is 5.32 Å². The third kappa shape index (κ3) is 48.1. The van der Waals surface area contributed by atoms with Gasteiger partial charge in [-0.1, -0.05) is 275 Å². The number of aliphatic hydroxyl groups is 2. The van der Waals surface area contributed by atoms with E-state index in [0.29, 0.717) is 19.3 Å². The van der Waals surface area contributed by atoms with Crippen molar-refractivity contribution in [3.05, 3.63) is 48.6 Å². The van der Waals surface area contributed by atoms with E-state index in [1.165, 1.54) is 173 Å². The van der Waals surface area contributed by atoms with Gasteiger partial charge in [-0.2, -0.15) is 0 Å². The van der Waals surface area contributed by atoms with Crippen LogP contribution in [0.15, 0.2) is 48.6 Å². The third-order valence-corrected chi connectivity index (χ3v) is 13.0. The quantitative estimate of drug-likeness (QED) is 0.0321. The van der Waals surface area contributed by atoms with Gasteiger partial charge < -0.3 is 20.3 Å². The Morgan fingerprint density at radius 1 is 0.446 bits per heavy atom. The summed E-state index contributed by atoms with van der Waals surface area (Å²) in [5.74, 6) is -0.489. The van der Waals surface area contributed by atoms with E-state index in [-0.39, 0.29) is 24.9 Å². The smallest absolute Gasteiger partial charge is 0.306 e. The maximum atomic E-state index is 13.2. The van der Waals surface area contributed by atoms with E-state index < -0.39 is 18.2 Å². The Morgan fingerprint density at radius 3 is 1.22 bits per heavy atom. The Hall–Kier alpha value is -2.18. The van der Waals surface area contributed by atoms with E-state index in [4.69, 9.17) is 4.74 Å². The van der Waals surface area contributed by atoms with Gasteiger partial charge in [0, 0.05) is 6.42 Å². The summed E-state index contributed by atoms with van der Waals surface area (Å²) in [5.41, 5.74) is 0. The first-order valence-corrected chi connectivity index (χ1v) is 28.4. The molecule has 380 valence electrons. The standard InChI is InChI=1S/C59H109NO5/c1-4-7-10-13-16-19-22-24-26-28-30-32-34-37-40-43-46-49-52-59(64)65-55(50-47-44-41-38-35-21-18-15-12-9-6-3)53-58(63)60-56(54-61)57(62)51-48-45-42-39-36-33-31-29-27-25-23-20-17-14-11-8-5-2/h16,19,22,24,26,28,30,32,55-57,61-62H,4-15,17-18,20-21,23,25,27,29,31,33-54H2,1-3H3,(H,60,63)/b19-16+,24-22+,28-26+,32-30+. The maximum Gasteiger partial charge on any atom is 0.306 e. The van der Waals surface area contributed by atoms with Crippen LogP contribution in [0.25, 0.3) is 0 Å². The Kier molecular flexibility index (Phi) is 51.0. The predicted molar refractivity (Wildman–Crippen MR) is 282 cm³/mol. The first-order chi connectivity index (χ1) is 32.0. The molecule has 0 aromatic heterocycles. The summed E-state index contributed by atoms with van der Waals surface area (Å²) in [6.45, 7) is 6.46. The number of aliphatic hydroxyl groups excluding tert-OH is 2. The van der Waals surface area contributed by atoms with Crippen molar-refractivity contribution in [3.8, 4) is 0 Å². The summed E-state index contributed by atoms with van der Waals surface area (Å²) >= 11 is 0. The zero-order valence-corrected chi connectivity index (χ0v) is 43.4. The third-order valence-electron chi connectivity index (χ3n) is 13.0. The topological polar surface area (TPSA) is 95.9 Å². The molecule has 0 bridgehead atoms. The summed E-state index contributed by atoms with van der Waals surface area (Å²) in [4.78, 5) is 26.2. The number of carbonyl (C=O) groups is 2. The summed E-state index contributed by atoms with van der Waals surface area (Å²) in [6.07, 6.45) is 64.5. The highest BCUT2D eigenvalue weighted by molar-refractivity contribution is 5.77. The van der Waals surface area contributed by atoms with Gasteiger partial charge in [0.1, 0.15) is 6.10 Å². The van der Waals surface area contributed by atoms with Crippen LogP contribution in [0.2, 0.25) is 0 Å². The van der Waals surface area contributed by atoms with E-state index in [0.717, 1.165) is 70.6 Å². The van der Waals surface area contributed by atoms with Gasteiger partial charge in [-0.25, -0.2) is 0 Å². The maximum absolute atomic E-state index is 13.2. The van der Waals surface area contributed by atoms with Crippen molar-refractivity contribution in [1.29, 1.82) is 0 Å². The van der Waals surface area contributed by atoms with E-state index in [1.807, 2.05) is 0 Å². The van der Waals surface area contributed by atoms with Gasteiger partial charge in [0.05, 0.1) is 25.2 Å². The van der Waals surface area contributed by atoms with Crippen molar-refractivity contribution in [2.45, 2.75) is 309 Å². The normalized spacial score (nSPS) is 13.5. The molecule has 3 N–H and O–H groups in total. The highest BCUT2D eigenvalue weighted by Crippen LogP contribution is 2.19. The molecule has 0 aliphatic rings. The Balaban J connectivity index is 4.50. The van der Waals surface area contributed by atoms with E-state index in [9.17, 15) is 19.8 Å². The highest BCUT2D eigenvalue weighted by atomic mass is 16.5. The van der Waals surface area contributed by atoms with Crippen LogP contribution < -0.4 is 5.32 Å². The average Bonchev–Trinajstić information content (AvgIpc) is 3.30. The molecule has 6 heteroatoms. The fourth-order valence-corrected chi connectivity index (χ4v) is 8.68. The van der Waals surface area contributed by atoms with E-state index >= 15 is 0 Å². The minimum atomic E-state index is -0.791. The van der Waals surface area contributed by atoms with Crippen LogP contribution in [-0.4, -0.2) is 46.9 Å². The summed E-state index contributed by atoms with van der Waals surface area (Å²) in [5, 5.41) is 23.9. The van der Waals surface area contributed by atoms with Crippen LogP contribution in [0.3, 0.4) is 0 Å². The number of carbonyl (C=O) groups excluding carboxylic acids is 2. The summed E-state index contributed by atoms with van der Waals surface area (Å²) in [6, 6.07) is -0.705. The number of unbranched alkanes of at least 4 members (excludes halogenated alkanes) is 34. The molecule has 0 radical (unpaired) electrons. The molecule has 0 aromatic rings. The molecular formula is C59H109NO5. The number of allylic oxidation sites excluding steroid dienone is 8. The zero-order chi connectivity index (χ0) is 47.4. The second-order valence-electron chi connectivity index (χ2n) is 19.4. The monoisotopic (exact) mass is 912 g/mol. The molecule has 3 atom stereocenters. The minimum Gasteiger partial charge on any atom is -0.462 e. The van der Waals surface area contributed by atoms with Crippen molar-refractivity contribution < 1.29 is 24.5 Å². The Bertz CT molecular complexity index is 1110. The lowest BCUT2D eigenvalue weighted by atomic mass is 10.0. The SMILES string of the molecule is CCCCC/C=C/C=C/C=C/C=C/CCCCCCCC(=O)OC(CCCCCCCCCCCCC)CC(=O)NC(CO)C(O)CCCCCCCCCCCCCCCCCCC. The molecule has 0 aliphatic carbocycles. The molecule has 6 nitrogen and oxygen atoms in total. The number of ether oxygens (including phenoxy) is 1. The van der Waals surface area contributed by atoms with Crippen LogP contribution in [0.1, 0.15) is 290 Å². The lowest BCUT2D eigenvalue weighted by molar-refractivity contribution is -0.151. The summed E-state index contributed by atoms with van der Waals surface area (Å²) < 4.78 is 5.94. The molecule has 65 heavy (non-hydrogen) atoms. The van der Waals surface area contributed by atoms with Crippen LogP contribution >= 0.6 is 0 Å². The lowest BCUT2D eigenvalue weighted by Crippen LogP contribution is -2.46. The summed E-state index contributed by atoms with van der Waals surface area (Å²) in [7, 11) is 0. The molecular weight excluding hydrogens is 803 g/mol. The molecule has 0 rings (SSSR count). The number of esters is 1. The minimum absolute atomic E-state index is 0.0704. The van der Waals surface area contributed by atoms with E-state index in [1.54, 1.807) is 0 Å². The molecule has 0 heterocycles. The number of hydrogen-bond acceptors (Lipinski definition) is 5. The van der Waals surface area contributed by atoms with E-state index in [2.05, 4.69) is 74.7 Å². The average molecular weight is 913 g/mol. The molecule has 0 aromatic carbocycles. The van der Waals surface area contributed by atoms with Gasteiger partial charge in [0.15, 0.2) is 0 Å². The predicted octanol–water partition coefficient (Wildman–Crippen LogP) is 17.4. The first-order valence-electron chi connectivity index (χ1n) is 28.4. The van der Waals surface area contributed by atoms with Gasteiger partial charge in [-0.05, 0) is 51.4 Å². The second-order valence-corrected chi connectivity index (χ2v) is 19.4. The van der Waals surface area contributed by atoms with Crippen molar-refractivity contribution in [2.75, 3.05) is 6.61 Å². The molecule has 3 unspecified atom stereocenters. The van der Waals surface area contributed by atoms with Crippen molar-refractivity contribution in [2.24, 2.45) is 0 Å². The van der Waals surface area contributed by atoms with Gasteiger partial charge >= 0.3 is 5.97 Å². The molecule has 1 amide bonds. The lowest BCUT2D eigenvalue weighted by Gasteiger charge is -2.24. The molecule has 0 saturated heterocycles. The van der Waals surface area contributed by atoms with Crippen molar-refractivity contribution >= 4 is 11.9 Å². The highest BCUT2D eigenvalue weighted by Gasteiger charge is 2.24. The molecule has 0 aliphatic heterocycles. The number of nitrogens with one attached hydrogen (secondary N) is 1. The fourth-order valence-electron chi connectivity index (χ4n) is 8.68. The Morgan fingerprint density at radius 2 is 0.785 bits per heavy atom. The molecule has 0 saturated carbocycles. The van der Waals surface area contributed by atoms with Gasteiger partial charge in [0.25, 0.3) is 0 Å². The molecule has 0 spiro atoms. The largest absolute Gasteiger partial charge is 0.462 e. The number of hydrogen-bond donors (Lipinski definition) is 3. The van der Waals surface area contributed by atoms with Crippen LogP contribution in [0.5, 0.6) is 0 Å². The van der Waals surface area contributed by atoms with Crippen LogP contribution in [0.4, 0.5) is 0 Å². The Labute approximate surface area is 404 Å². The van der Waals surface area contributed by atoms with Gasteiger partial charge in [0.2, 0.25) is 5.91 Å². The first kappa shape index (κ1) is 62.8. The van der Waals surface area contributed by atoms with Crippen molar-refractivity contribution in [3.63, 3.8) is 0 Å². The fraction of sp³-hybridized carbons (Fsp3) is 0.831. The molecule has 0 fully saturated rings. The zero-order valence-electron chi connectivity index (χ0n) is 43.4. The van der Waals surface area contributed by atoms with Gasteiger partial charge in [-0.15, -0.1) is 0 Å². The second kappa shape index (κ2) is 52.8. The number of rotatable bonds is 51. The van der Waals surface area contributed by atoms with Gasteiger partial charge in [-0.3, -0.25) is 9.59 Å². The van der Waals surface area contributed by atoms with Crippen LogP contribution in [0, 0.1) is 0 Å². The number of amides is 1. The van der Waals surface area contributed by atoms with Crippen LogP contribution in [-0.2, 0) is 14.3 Å².